The molecular formula is C13H14ClN3OS. The molecule has 6 heteroatoms. The Kier molecular flexibility index (Phi) is 3.33. The number of hydrogen-bond acceptors (Lipinski definition) is 4. The van der Waals surface area contributed by atoms with E-state index in [1.165, 1.54) is 0 Å². The quantitative estimate of drug-likeness (QED) is 0.926. The minimum Gasteiger partial charge on any atom is -0.357 e. The molecule has 0 bridgehead atoms. The van der Waals surface area contributed by atoms with Crippen molar-refractivity contribution in [2.45, 2.75) is 18.9 Å². The topological polar surface area (TPSA) is 45.2 Å². The SMILES string of the molecule is CN1CC(Nc2nc3cc(Cl)ccc3s2)CCC1=O. The third kappa shape index (κ3) is 2.67. The van der Waals surface area contributed by atoms with E-state index in [-0.39, 0.29) is 11.9 Å². The molecule has 1 aliphatic rings. The molecule has 1 aromatic heterocycles. The second-order valence-electron chi connectivity index (χ2n) is 4.79. The first-order valence-corrected chi connectivity index (χ1v) is 7.38. The summed E-state index contributed by atoms with van der Waals surface area (Å²) in [5, 5.41) is 5.01. The van der Waals surface area contributed by atoms with Gasteiger partial charge in [-0.3, -0.25) is 4.79 Å². The summed E-state index contributed by atoms with van der Waals surface area (Å²) in [6.45, 7) is 0.732. The second-order valence-corrected chi connectivity index (χ2v) is 6.25. The Labute approximate surface area is 120 Å². The van der Waals surface area contributed by atoms with Crippen molar-refractivity contribution in [3.05, 3.63) is 23.2 Å². The van der Waals surface area contributed by atoms with E-state index in [1.54, 1.807) is 16.2 Å². The van der Waals surface area contributed by atoms with Gasteiger partial charge in [0, 0.05) is 31.1 Å². The number of nitrogens with one attached hydrogen (secondary N) is 1. The van der Waals surface area contributed by atoms with Crippen molar-refractivity contribution in [3.63, 3.8) is 0 Å². The maximum atomic E-state index is 11.4. The maximum Gasteiger partial charge on any atom is 0.222 e. The number of carbonyl (C=O) groups is 1. The number of benzene rings is 1. The second kappa shape index (κ2) is 4.98. The molecule has 0 aliphatic carbocycles. The smallest absolute Gasteiger partial charge is 0.222 e. The third-order valence-corrected chi connectivity index (χ3v) is 4.51. The zero-order chi connectivity index (χ0) is 13.4. The summed E-state index contributed by atoms with van der Waals surface area (Å²) in [6, 6.07) is 6.00. The molecular weight excluding hydrogens is 282 g/mol. The van der Waals surface area contributed by atoms with Crippen LogP contribution in [0.3, 0.4) is 0 Å². The van der Waals surface area contributed by atoms with Crippen molar-refractivity contribution < 1.29 is 4.79 Å². The number of fused-ring (bicyclic) bond motifs is 1. The predicted molar refractivity (Wildman–Crippen MR) is 78.9 cm³/mol. The normalized spacial score (nSPS) is 20.0. The van der Waals surface area contributed by atoms with Crippen molar-refractivity contribution in [1.82, 2.24) is 9.88 Å². The van der Waals surface area contributed by atoms with Crippen molar-refractivity contribution in [2.24, 2.45) is 0 Å². The van der Waals surface area contributed by atoms with Gasteiger partial charge in [-0.25, -0.2) is 4.98 Å². The van der Waals surface area contributed by atoms with E-state index in [4.69, 9.17) is 11.6 Å². The molecule has 1 saturated heterocycles. The number of nitrogens with zero attached hydrogens (tertiary/aromatic N) is 2. The number of anilines is 1. The van der Waals surface area contributed by atoms with Gasteiger partial charge in [0.05, 0.1) is 10.2 Å². The van der Waals surface area contributed by atoms with Crippen LogP contribution in [0.5, 0.6) is 0 Å². The lowest BCUT2D eigenvalue weighted by atomic mass is 10.1. The van der Waals surface area contributed by atoms with Crippen LogP contribution in [0, 0.1) is 0 Å². The molecule has 1 N–H and O–H groups in total. The van der Waals surface area contributed by atoms with Crippen LogP contribution in [0.2, 0.25) is 5.02 Å². The Bertz CT molecular complexity index is 627. The Morgan fingerprint density at radius 1 is 1.53 bits per heavy atom. The van der Waals surface area contributed by atoms with E-state index < -0.39 is 0 Å². The molecule has 1 fully saturated rings. The largest absolute Gasteiger partial charge is 0.357 e. The molecule has 0 radical (unpaired) electrons. The van der Waals surface area contributed by atoms with Crippen molar-refractivity contribution in [1.29, 1.82) is 0 Å². The van der Waals surface area contributed by atoms with Gasteiger partial charge in [0.1, 0.15) is 0 Å². The van der Waals surface area contributed by atoms with Gasteiger partial charge in [-0.2, -0.15) is 0 Å². The Balaban J connectivity index is 1.76. The van der Waals surface area contributed by atoms with E-state index in [0.29, 0.717) is 11.4 Å². The van der Waals surface area contributed by atoms with Gasteiger partial charge in [-0.1, -0.05) is 22.9 Å². The molecule has 0 spiro atoms. The summed E-state index contributed by atoms with van der Waals surface area (Å²) >= 11 is 7.57. The standard InChI is InChI=1S/C13H14ClN3OS/c1-17-7-9(3-5-12(17)18)15-13-16-10-6-8(14)2-4-11(10)19-13/h2,4,6,9H,3,5,7H2,1H3,(H,15,16). The van der Waals surface area contributed by atoms with Crippen LogP contribution in [0.25, 0.3) is 10.2 Å². The molecule has 1 aromatic carbocycles. The number of likely N-dealkylation sites (N-methyl/N-ethyl adjacent to an activating group) is 1. The number of aromatic nitrogens is 1. The predicted octanol–water partition coefficient (Wildman–Crippen LogP) is 2.98. The first-order valence-electron chi connectivity index (χ1n) is 6.18. The van der Waals surface area contributed by atoms with Gasteiger partial charge in [0.25, 0.3) is 0 Å². The van der Waals surface area contributed by atoms with E-state index >= 15 is 0 Å². The third-order valence-electron chi connectivity index (χ3n) is 3.30. The maximum absolute atomic E-state index is 11.4. The number of likely N-dealkylation sites (tertiary alicyclic amines) is 1. The summed E-state index contributed by atoms with van der Waals surface area (Å²) in [6.07, 6.45) is 1.46. The van der Waals surface area contributed by atoms with Crippen LogP contribution < -0.4 is 5.32 Å². The highest BCUT2D eigenvalue weighted by Crippen LogP contribution is 2.29. The van der Waals surface area contributed by atoms with E-state index in [0.717, 1.165) is 28.3 Å². The first kappa shape index (κ1) is 12.7. The summed E-state index contributed by atoms with van der Waals surface area (Å²) in [5.74, 6) is 0.217. The van der Waals surface area contributed by atoms with E-state index in [2.05, 4.69) is 10.3 Å². The van der Waals surface area contributed by atoms with Crippen molar-refractivity contribution in [2.75, 3.05) is 18.9 Å². The van der Waals surface area contributed by atoms with Crippen molar-refractivity contribution in [3.8, 4) is 0 Å². The molecule has 19 heavy (non-hydrogen) atoms. The van der Waals surface area contributed by atoms with Gasteiger partial charge in [-0.15, -0.1) is 0 Å². The number of piperidine rings is 1. The summed E-state index contributed by atoms with van der Waals surface area (Å²) in [4.78, 5) is 17.7. The highest BCUT2D eigenvalue weighted by atomic mass is 35.5. The lowest BCUT2D eigenvalue weighted by molar-refractivity contribution is -0.132. The molecule has 0 saturated carbocycles. The van der Waals surface area contributed by atoms with Crippen LogP contribution in [-0.2, 0) is 4.79 Å². The fourth-order valence-electron chi connectivity index (χ4n) is 2.27. The summed E-state index contributed by atoms with van der Waals surface area (Å²) in [5.41, 5.74) is 0.917. The minimum absolute atomic E-state index is 0.217. The number of rotatable bonds is 2. The molecule has 1 atom stereocenters. The molecule has 100 valence electrons. The molecule has 1 unspecified atom stereocenters. The van der Waals surface area contributed by atoms with Crippen LogP contribution in [0.1, 0.15) is 12.8 Å². The van der Waals surface area contributed by atoms with Gasteiger partial charge in [-0.05, 0) is 24.6 Å². The number of thiazole rings is 1. The van der Waals surface area contributed by atoms with Gasteiger partial charge < -0.3 is 10.2 Å². The average Bonchev–Trinajstić information content (AvgIpc) is 2.75. The fourth-order valence-corrected chi connectivity index (χ4v) is 3.36. The zero-order valence-corrected chi connectivity index (χ0v) is 12.1. The number of amides is 1. The van der Waals surface area contributed by atoms with Crippen LogP contribution in [0.4, 0.5) is 5.13 Å². The first-order chi connectivity index (χ1) is 9.11. The van der Waals surface area contributed by atoms with E-state index in [1.807, 2.05) is 25.2 Å². The molecule has 1 aliphatic heterocycles. The highest BCUT2D eigenvalue weighted by Gasteiger charge is 2.23. The average molecular weight is 296 g/mol. The number of hydrogen-bond donors (Lipinski definition) is 1. The van der Waals surface area contributed by atoms with Crippen LogP contribution >= 0.6 is 22.9 Å². The molecule has 2 heterocycles. The lowest BCUT2D eigenvalue weighted by Gasteiger charge is -2.29. The Morgan fingerprint density at radius 2 is 2.37 bits per heavy atom. The van der Waals surface area contributed by atoms with Gasteiger partial charge in [0.2, 0.25) is 5.91 Å². The van der Waals surface area contributed by atoms with Crippen LogP contribution in [0.15, 0.2) is 18.2 Å². The van der Waals surface area contributed by atoms with Gasteiger partial charge in [0.15, 0.2) is 5.13 Å². The Hall–Kier alpha value is -1.33. The zero-order valence-electron chi connectivity index (χ0n) is 10.5. The lowest BCUT2D eigenvalue weighted by Crippen LogP contribution is -2.43. The summed E-state index contributed by atoms with van der Waals surface area (Å²) in [7, 11) is 1.84. The van der Waals surface area contributed by atoms with E-state index in [9.17, 15) is 4.79 Å². The molecule has 3 rings (SSSR count). The minimum atomic E-state index is 0.217. The molecule has 2 aromatic rings. The number of halogens is 1. The Morgan fingerprint density at radius 3 is 3.16 bits per heavy atom. The monoisotopic (exact) mass is 295 g/mol. The number of carbonyl (C=O) groups excluding carboxylic acids is 1. The van der Waals surface area contributed by atoms with Crippen LogP contribution in [-0.4, -0.2) is 35.4 Å². The van der Waals surface area contributed by atoms with Gasteiger partial charge >= 0.3 is 0 Å². The molecule has 4 nitrogen and oxygen atoms in total. The van der Waals surface area contributed by atoms with Crippen molar-refractivity contribution >= 4 is 44.2 Å². The summed E-state index contributed by atoms with van der Waals surface area (Å²) < 4.78 is 1.12. The molecule has 1 amide bonds. The highest BCUT2D eigenvalue weighted by molar-refractivity contribution is 7.22. The fraction of sp³-hybridized carbons (Fsp3) is 0.385.